The first kappa shape index (κ1) is 26.1. The molecule has 180 valence electrons. The SMILES string of the molecule is CCOCCCN(CC(=O)N(Cc1ccccc1)Cc1sccc1C)C(=O)c1cccc(Br)c1. The van der Waals surface area contributed by atoms with Crippen LogP contribution < -0.4 is 0 Å². The van der Waals surface area contributed by atoms with Crippen LogP contribution in [0.2, 0.25) is 0 Å². The second kappa shape index (κ2) is 13.4. The zero-order valence-corrected chi connectivity index (χ0v) is 22.1. The summed E-state index contributed by atoms with van der Waals surface area (Å²) in [4.78, 5) is 31.6. The van der Waals surface area contributed by atoms with E-state index in [2.05, 4.69) is 28.9 Å². The molecule has 1 heterocycles. The average Bonchev–Trinajstić information content (AvgIpc) is 3.25. The van der Waals surface area contributed by atoms with Gasteiger partial charge in [-0.25, -0.2) is 0 Å². The van der Waals surface area contributed by atoms with Crippen molar-refractivity contribution >= 4 is 39.1 Å². The highest BCUT2D eigenvalue weighted by molar-refractivity contribution is 9.10. The van der Waals surface area contributed by atoms with Gasteiger partial charge in [-0.15, -0.1) is 11.3 Å². The van der Waals surface area contributed by atoms with Crippen molar-refractivity contribution in [2.75, 3.05) is 26.3 Å². The topological polar surface area (TPSA) is 49.9 Å². The van der Waals surface area contributed by atoms with E-state index in [1.165, 1.54) is 5.56 Å². The van der Waals surface area contributed by atoms with Gasteiger partial charge in [0.15, 0.2) is 0 Å². The maximum atomic E-state index is 13.6. The lowest BCUT2D eigenvalue weighted by Crippen LogP contribution is -2.43. The zero-order chi connectivity index (χ0) is 24.3. The molecular formula is C27H31BrN2O3S. The Hall–Kier alpha value is -2.48. The van der Waals surface area contributed by atoms with Crippen molar-refractivity contribution in [3.8, 4) is 0 Å². The molecule has 0 radical (unpaired) electrons. The zero-order valence-electron chi connectivity index (χ0n) is 19.7. The molecule has 3 rings (SSSR count). The number of rotatable bonds is 12. The number of ether oxygens (including phenoxy) is 1. The Bertz CT molecular complexity index is 1070. The first-order valence-electron chi connectivity index (χ1n) is 11.4. The van der Waals surface area contributed by atoms with Gasteiger partial charge in [-0.1, -0.05) is 52.3 Å². The number of carbonyl (C=O) groups is 2. The Kier molecular flexibility index (Phi) is 10.3. The van der Waals surface area contributed by atoms with Gasteiger partial charge < -0.3 is 14.5 Å². The fourth-order valence-corrected chi connectivity index (χ4v) is 4.92. The molecule has 1 aromatic heterocycles. The summed E-state index contributed by atoms with van der Waals surface area (Å²) >= 11 is 5.09. The minimum atomic E-state index is -0.155. The fourth-order valence-electron chi connectivity index (χ4n) is 3.60. The van der Waals surface area contributed by atoms with E-state index >= 15 is 0 Å². The van der Waals surface area contributed by atoms with E-state index < -0.39 is 0 Å². The maximum absolute atomic E-state index is 13.6. The molecule has 2 amide bonds. The third-order valence-electron chi connectivity index (χ3n) is 5.48. The van der Waals surface area contributed by atoms with E-state index in [1.807, 2.05) is 59.7 Å². The number of nitrogens with zero attached hydrogens (tertiary/aromatic N) is 2. The molecule has 3 aromatic rings. The van der Waals surface area contributed by atoms with Crippen LogP contribution in [0.4, 0.5) is 0 Å². The summed E-state index contributed by atoms with van der Waals surface area (Å²) < 4.78 is 6.30. The molecule has 0 unspecified atom stereocenters. The maximum Gasteiger partial charge on any atom is 0.254 e. The predicted molar refractivity (Wildman–Crippen MR) is 141 cm³/mol. The molecule has 5 nitrogen and oxygen atoms in total. The third-order valence-corrected chi connectivity index (χ3v) is 6.98. The molecule has 0 saturated carbocycles. The highest BCUT2D eigenvalue weighted by Gasteiger charge is 2.23. The Morgan fingerprint density at radius 1 is 1.00 bits per heavy atom. The molecule has 7 heteroatoms. The van der Waals surface area contributed by atoms with Gasteiger partial charge in [0.25, 0.3) is 5.91 Å². The van der Waals surface area contributed by atoms with Crippen LogP contribution in [0.3, 0.4) is 0 Å². The summed E-state index contributed by atoms with van der Waals surface area (Å²) in [5, 5.41) is 2.05. The number of hydrogen-bond acceptors (Lipinski definition) is 4. The molecular weight excluding hydrogens is 512 g/mol. The Morgan fingerprint density at radius 3 is 2.47 bits per heavy atom. The summed E-state index contributed by atoms with van der Waals surface area (Å²) in [7, 11) is 0. The van der Waals surface area contributed by atoms with Crippen molar-refractivity contribution < 1.29 is 14.3 Å². The van der Waals surface area contributed by atoms with Crippen LogP contribution in [0.15, 0.2) is 70.5 Å². The van der Waals surface area contributed by atoms with Crippen LogP contribution in [0.5, 0.6) is 0 Å². The number of benzene rings is 2. The van der Waals surface area contributed by atoms with Crippen molar-refractivity contribution in [1.29, 1.82) is 0 Å². The average molecular weight is 544 g/mol. The van der Waals surface area contributed by atoms with E-state index in [4.69, 9.17) is 4.74 Å². The first-order chi connectivity index (χ1) is 16.5. The number of aryl methyl sites for hydroxylation is 1. The van der Waals surface area contributed by atoms with Gasteiger partial charge in [-0.2, -0.15) is 0 Å². The molecule has 0 fully saturated rings. The summed E-state index contributed by atoms with van der Waals surface area (Å²) in [6, 6.07) is 19.3. The lowest BCUT2D eigenvalue weighted by Gasteiger charge is -2.28. The fraction of sp³-hybridized carbons (Fsp3) is 0.333. The van der Waals surface area contributed by atoms with Gasteiger partial charge in [0.2, 0.25) is 5.91 Å². The van der Waals surface area contributed by atoms with Crippen LogP contribution in [-0.4, -0.2) is 47.9 Å². The molecule has 0 spiro atoms. The second-order valence-corrected chi connectivity index (χ2v) is 9.97. The number of thiophene rings is 1. The van der Waals surface area contributed by atoms with Gasteiger partial charge in [-0.05, 0) is 61.0 Å². The molecule has 0 saturated heterocycles. The minimum absolute atomic E-state index is 0.0225. The number of carbonyl (C=O) groups excluding carboxylic acids is 2. The van der Waals surface area contributed by atoms with Crippen LogP contribution in [0.25, 0.3) is 0 Å². The molecule has 34 heavy (non-hydrogen) atoms. The normalized spacial score (nSPS) is 10.8. The number of hydrogen-bond donors (Lipinski definition) is 0. The van der Waals surface area contributed by atoms with Crippen molar-refractivity contribution in [3.63, 3.8) is 0 Å². The molecule has 0 bridgehead atoms. The highest BCUT2D eigenvalue weighted by Crippen LogP contribution is 2.20. The monoisotopic (exact) mass is 542 g/mol. The van der Waals surface area contributed by atoms with Gasteiger partial charge >= 0.3 is 0 Å². The molecule has 0 atom stereocenters. The Labute approximate surface area is 214 Å². The van der Waals surface area contributed by atoms with Crippen molar-refractivity contribution in [1.82, 2.24) is 9.80 Å². The predicted octanol–water partition coefficient (Wildman–Crippen LogP) is 5.92. The highest BCUT2D eigenvalue weighted by atomic mass is 79.9. The standard InChI is InChI=1S/C27H31BrN2O3S/c1-3-33-15-8-14-29(27(32)23-11-7-12-24(28)17-23)20-26(31)30(18-22-9-5-4-6-10-22)19-25-21(2)13-16-34-25/h4-7,9-13,16-17H,3,8,14-15,18-20H2,1-2H3. The van der Waals surface area contributed by atoms with Crippen LogP contribution in [-0.2, 0) is 22.6 Å². The summed E-state index contributed by atoms with van der Waals surface area (Å²) in [6.45, 7) is 6.68. The van der Waals surface area contributed by atoms with Crippen LogP contribution >= 0.6 is 27.3 Å². The lowest BCUT2D eigenvalue weighted by molar-refractivity contribution is -0.133. The first-order valence-corrected chi connectivity index (χ1v) is 13.1. The van der Waals surface area contributed by atoms with Crippen LogP contribution in [0, 0.1) is 6.92 Å². The van der Waals surface area contributed by atoms with E-state index in [1.54, 1.807) is 28.4 Å². The molecule has 0 aliphatic heterocycles. The lowest BCUT2D eigenvalue weighted by atomic mass is 10.1. The summed E-state index contributed by atoms with van der Waals surface area (Å²) in [5.74, 6) is -0.227. The van der Waals surface area contributed by atoms with Crippen LogP contribution in [0.1, 0.15) is 39.7 Å². The summed E-state index contributed by atoms with van der Waals surface area (Å²) in [6.07, 6.45) is 0.670. The minimum Gasteiger partial charge on any atom is -0.382 e. The third kappa shape index (κ3) is 7.79. The van der Waals surface area contributed by atoms with Gasteiger partial charge in [0.1, 0.15) is 6.54 Å². The van der Waals surface area contributed by atoms with E-state index in [-0.39, 0.29) is 18.4 Å². The van der Waals surface area contributed by atoms with E-state index in [0.29, 0.717) is 44.8 Å². The second-order valence-electron chi connectivity index (χ2n) is 8.05. The Morgan fingerprint density at radius 2 is 1.79 bits per heavy atom. The molecule has 0 aliphatic carbocycles. The smallest absolute Gasteiger partial charge is 0.254 e. The number of halogens is 1. The van der Waals surface area contributed by atoms with Gasteiger partial charge in [-0.3, -0.25) is 9.59 Å². The van der Waals surface area contributed by atoms with Gasteiger partial charge in [0, 0.05) is 41.2 Å². The molecule has 2 aromatic carbocycles. The van der Waals surface area contributed by atoms with Crippen molar-refractivity contribution in [3.05, 3.63) is 92.1 Å². The van der Waals surface area contributed by atoms with Gasteiger partial charge in [0.05, 0.1) is 6.54 Å². The van der Waals surface area contributed by atoms with Crippen molar-refractivity contribution in [2.24, 2.45) is 0 Å². The molecule has 0 aliphatic rings. The summed E-state index contributed by atoms with van der Waals surface area (Å²) in [5.41, 5.74) is 2.79. The van der Waals surface area contributed by atoms with E-state index in [9.17, 15) is 9.59 Å². The van der Waals surface area contributed by atoms with Crippen molar-refractivity contribution in [2.45, 2.75) is 33.4 Å². The number of amides is 2. The van der Waals surface area contributed by atoms with E-state index in [0.717, 1.165) is 14.9 Å². The Balaban J connectivity index is 1.80. The largest absolute Gasteiger partial charge is 0.382 e. The quantitative estimate of drug-likeness (QED) is 0.267. The molecule has 0 N–H and O–H groups in total.